The quantitative estimate of drug-likeness (QED) is 0.147. The normalized spacial score (nSPS) is 12.6. The van der Waals surface area contributed by atoms with Gasteiger partial charge in [0.05, 0.1) is 11.1 Å². The zero-order chi connectivity index (χ0) is 44.3. The Morgan fingerprint density at radius 2 is 0.881 bits per heavy atom. The maximum Gasteiger partial charge on any atom is 0.0714 e. The molecule has 0 amide bonds. The number of benzene rings is 11. The minimum absolute atomic E-state index is 0.537. The van der Waals surface area contributed by atoms with Crippen molar-refractivity contribution in [3.05, 3.63) is 283 Å². The Bertz CT molecular complexity index is 3760. The molecule has 0 bridgehead atoms. The first-order valence-electron chi connectivity index (χ1n) is 23.1. The predicted molar refractivity (Wildman–Crippen MR) is 285 cm³/mol. The molecule has 0 radical (unpaired) electrons. The van der Waals surface area contributed by atoms with Gasteiger partial charge in [0, 0.05) is 37.1 Å². The van der Waals surface area contributed by atoms with Crippen molar-refractivity contribution in [2.75, 3.05) is 4.90 Å². The van der Waals surface area contributed by atoms with Crippen LogP contribution >= 0.6 is 11.3 Å². The van der Waals surface area contributed by atoms with Gasteiger partial charge in [0.25, 0.3) is 0 Å². The van der Waals surface area contributed by atoms with E-state index in [1.165, 1.54) is 92.1 Å². The lowest BCUT2D eigenvalue weighted by Gasteiger charge is -2.35. The molecule has 0 saturated heterocycles. The highest BCUT2D eigenvalue weighted by Crippen LogP contribution is 2.58. The number of hydrogen-bond acceptors (Lipinski definition) is 2. The minimum atomic E-state index is -0.537. The van der Waals surface area contributed by atoms with Crippen LogP contribution in [-0.4, -0.2) is 0 Å². The molecule has 1 aromatic heterocycles. The van der Waals surface area contributed by atoms with Crippen molar-refractivity contribution in [2.24, 2.45) is 0 Å². The summed E-state index contributed by atoms with van der Waals surface area (Å²) in [6.07, 6.45) is 0. The van der Waals surface area contributed by atoms with Gasteiger partial charge in [-0.25, -0.2) is 0 Å². The third kappa shape index (κ3) is 6.29. The lowest BCUT2D eigenvalue weighted by molar-refractivity contribution is 0.768. The van der Waals surface area contributed by atoms with E-state index in [1.54, 1.807) is 0 Å². The van der Waals surface area contributed by atoms with Gasteiger partial charge in [-0.15, -0.1) is 11.3 Å². The van der Waals surface area contributed by atoms with Gasteiger partial charge in [0.2, 0.25) is 0 Å². The van der Waals surface area contributed by atoms with Crippen LogP contribution in [0.25, 0.3) is 75.5 Å². The molecule has 0 saturated carbocycles. The first kappa shape index (κ1) is 39.1. The van der Waals surface area contributed by atoms with Gasteiger partial charge < -0.3 is 4.90 Å². The molecule has 2 heteroatoms. The van der Waals surface area contributed by atoms with E-state index >= 15 is 0 Å². The summed E-state index contributed by atoms with van der Waals surface area (Å²) in [5, 5.41) is 5.10. The van der Waals surface area contributed by atoms with E-state index in [2.05, 4.69) is 266 Å². The van der Waals surface area contributed by atoms with Crippen molar-refractivity contribution < 1.29 is 0 Å². The highest BCUT2D eigenvalue weighted by Gasteiger charge is 2.46. The van der Waals surface area contributed by atoms with E-state index in [4.69, 9.17) is 0 Å². The number of rotatable bonds is 8. The van der Waals surface area contributed by atoms with Crippen LogP contribution in [0.2, 0.25) is 0 Å². The second-order valence-corrected chi connectivity index (χ2v) is 18.6. The summed E-state index contributed by atoms with van der Waals surface area (Å²) in [4.78, 5) is 2.50. The largest absolute Gasteiger partial charge is 0.310 e. The van der Waals surface area contributed by atoms with E-state index in [1.807, 2.05) is 11.3 Å². The maximum atomic E-state index is 2.50. The Labute approximate surface area is 395 Å². The standard InChI is InChI=1S/C65H43NS/c1-3-21-48(22-4-1)65(49-23-5-2-6-24-49)59-32-12-9-27-54(59)55-41-40-51(43-60(55)65)66(61-33-13-10-28-56(61)57-31-17-35-63-64(57)58-29-11-14-34-62(58)67-63)50-25-15-20-47(42-50)44-36-38-46(39-37-44)53-30-16-19-45-18-7-8-26-52(45)53/h1-43H. The van der Waals surface area contributed by atoms with Crippen LogP contribution in [0.5, 0.6) is 0 Å². The molecular weight excluding hydrogens is 827 g/mol. The zero-order valence-electron chi connectivity index (χ0n) is 36.7. The van der Waals surface area contributed by atoms with Crippen LogP contribution < -0.4 is 4.90 Å². The average molecular weight is 870 g/mol. The Morgan fingerprint density at radius 3 is 1.70 bits per heavy atom. The third-order valence-corrected chi connectivity index (χ3v) is 15.1. The molecule has 314 valence electrons. The van der Waals surface area contributed by atoms with E-state index in [-0.39, 0.29) is 0 Å². The lowest BCUT2D eigenvalue weighted by Crippen LogP contribution is -2.28. The fourth-order valence-corrected chi connectivity index (χ4v) is 12.2. The van der Waals surface area contributed by atoms with Gasteiger partial charge in [0.15, 0.2) is 0 Å². The van der Waals surface area contributed by atoms with Crippen molar-refractivity contribution in [3.63, 3.8) is 0 Å². The maximum absolute atomic E-state index is 2.50. The summed E-state index contributed by atoms with van der Waals surface area (Å²) in [6.45, 7) is 0. The molecule has 13 rings (SSSR count). The molecule has 1 nitrogen and oxygen atoms in total. The van der Waals surface area contributed by atoms with Gasteiger partial charge >= 0.3 is 0 Å². The molecule has 11 aromatic carbocycles. The summed E-state index contributed by atoms with van der Waals surface area (Å²) >= 11 is 1.87. The van der Waals surface area contributed by atoms with Gasteiger partial charge in [0.1, 0.15) is 0 Å². The van der Waals surface area contributed by atoms with Gasteiger partial charge in [-0.1, -0.05) is 218 Å². The van der Waals surface area contributed by atoms with Gasteiger partial charge in [-0.2, -0.15) is 0 Å². The molecule has 1 aliphatic carbocycles. The highest BCUT2D eigenvalue weighted by atomic mass is 32.1. The predicted octanol–water partition coefficient (Wildman–Crippen LogP) is 18.0. The molecule has 1 heterocycles. The fourth-order valence-electron chi connectivity index (χ4n) is 11.0. The van der Waals surface area contributed by atoms with E-state index in [9.17, 15) is 0 Å². The van der Waals surface area contributed by atoms with Crippen molar-refractivity contribution >= 4 is 59.3 Å². The molecule has 0 fully saturated rings. The smallest absolute Gasteiger partial charge is 0.0714 e. The highest BCUT2D eigenvalue weighted by molar-refractivity contribution is 7.25. The van der Waals surface area contributed by atoms with Gasteiger partial charge in [-0.3, -0.25) is 0 Å². The second-order valence-electron chi connectivity index (χ2n) is 17.5. The lowest BCUT2D eigenvalue weighted by atomic mass is 9.67. The summed E-state index contributed by atoms with van der Waals surface area (Å²) in [7, 11) is 0. The fraction of sp³-hybridized carbons (Fsp3) is 0.0154. The van der Waals surface area contributed by atoms with Crippen LogP contribution in [0.1, 0.15) is 22.3 Å². The van der Waals surface area contributed by atoms with Gasteiger partial charge in [-0.05, 0) is 114 Å². The second kappa shape index (κ2) is 16.0. The topological polar surface area (TPSA) is 3.24 Å². The van der Waals surface area contributed by atoms with Crippen LogP contribution in [0, 0.1) is 0 Å². The SMILES string of the molecule is c1ccc(C2(c3ccccc3)c3ccccc3-c3ccc(N(c4cccc(-c5ccc(-c6cccc7ccccc67)cc5)c4)c4ccccc4-c4cccc5sc6ccccc6c45)cc32)cc1. The van der Waals surface area contributed by atoms with E-state index in [0.29, 0.717) is 0 Å². The first-order valence-corrected chi connectivity index (χ1v) is 23.9. The molecule has 0 atom stereocenters. The van der Waals surface area contributed by atoms with Crippen molar-refractivity contribution in [2.45, 2.75) is 5.41 Å². The summed E-state index contributed by atoms with van der Waals surface area (Å²) in [6, 6.07) is 96.4. The molecule has 12 aromatic rings. The third-order valence-electron chi connectivity index (χ3n) is 14.0. The molecule has 0 spiro atoms. The van der Waals surface area contributed by atoms with Crippen molar-refractivity contribution in [1.82, 2.24) is 0 Å². The molecule has 0 aliphatic heterocycles. The zero-order valence-corrected chi connectivity index (χ0v) is 37.5. The average Bonchev–Trinajstić information content (AvgIpc) is 3.93. The summed E-state index contributed by atoms with van der Waals surface area (Å²) in [5.41, 5.74) is 17.6. The van der Waals surface area contributed by atoms with Crippen molar-refractivity contribution in [1.29, 1.82) is 0 Å². The van der Waals surface area contributed by atoms with Crippen LogP contribution in [0.15, 0.2) is 261 Å². The van der Waals surface area contributed by atoms with E-state index in [0.717, 1.165) is 22.6 Å². The summed E-state index contributed by atoms with van der Waals surface area (Å²) in [5.74, 6) is 0. The number of hydrogen-bond donors (Lipinski definition) is 0. The molecule has 1 aliphatic rings. The van der Waals surface area contributed by atoms with Crippen LogP contribution in [0.4, 0.5) is 17.1 Å². The Morgan fingerprint density at radius 1 is 0.313 bits per heavy atom. The van der Waals surface area contributed by atoms with Crippen LogP contribution in [-0.2, 0) is 5.41 Å². The summed E-state index contributed by atoms with van der Waals surface area (Å²) < 4.78 is 2.59. The first-order chi connectivity index (χ1) is 33.2. The molecule has 0 unspecified atom stereocenters. The molecule has 0 N–H and O–H groups in total. The number of thiophene rings is 1. The number of anilines is 3. The van der Waals surface area contributed by atoms with E-state index < -0.39 is 5.41 Å². The molecule has 67 heavy (non-hydrogen) atoms. The number of para-hydroxylation sites is 1. The monoisotopic (exact) mass is 869 g/mol. The Kier molecular flexibility index (Phi) is 9.33. The molecular formula is C65H43NS. The van der Waals surface area contributed by atoms with Crippen molar-refractivity contribution in [3.8, 4) is 44.5 Å². The number of fused-ring (bicyclic) bond motifs is 7. The number of nitrogens with zero attached hydrogens (tertiary/aromatic N) is 1. The Hall–Kier alpha value is -8.30. The minimum Gasteiger partial charge on any atom is -0.310 e. The van der Waals surface area contributed by atoms with Crippen LogP contribution in [0.3, 0.4) is 0 Å². The Balaban J connectivity index is 1.03.